The van der Waals surface area contributed by atoms with Gasteiger partial charge in [0, 0.05) is 6.72 Å². The molecule has 3 nitrogen and oxygen atoms in total. The van der Waals surface area contributed by atoms with Crippen LogP contribution in [-0.4, -0.2) is 11.7 Å². The maximum Gasteiger partial charge on any atom is 0.115 e. The van der Waals surface area contributed by atoms with Crippen LogP contribution in [0.15, 0.2) is 11.3 Å². The highest BCUT2D eigenvalue weighted by Crippen LogP contribution is 2.17. The lowest BCUT2D eigenvalue weighted by Crippen LogP contribution is -2.02. The number of thiazole rings is 1. The van der Waals surface area contributed by atoms with Crippen molar-refractivity contribution in [1.29, 1.82) is 0 Å². The summed E-state index contributed by atoms with van der Waals surface area (Å²) >= 11 is 7.05. The third kappa shape index (κ3) is 1.97. The molecule has 0 aliphatic heterocycles. The van der Waals surface area contributed by atoms with Crippen molar-refractivity contribution < 1.29 is 0 Å². The first-order valence-corrected chi connectivity index (χ1v) is 3.81. The Morgan fingerprint density at radius 1 is 1.90 bits per heavy atom. The van der Waals surface area contributed by atoms with E-state index < -0.39 is 0 Å². The molecule has 0 amide bonds. The summed E-state index contributed by atoms with van der Waals surface area (Å²) in [5, 5.41) is 4.38. The van der Waals surface area contributed by atoms with E-state index in [-0.39, 0.29) is 0 Å². The lowest BCUT2D eigenvalue weighted by Gasteiger charge is -1.91. The van der Waals surface area contributed by atoms with Crippen molar-refractivity contribution in [3.05, 3.63) is 15.5 Å². The van der Waals surface area contributed by atoms with Crippen molar-refractivity contribution in [2.45, 2.75) is 6.54 Å². The van der Waals surface area contributed by atoms with Crippen molar-refractivity contribution in [1.82, 2.24) is 10.4 Å². The van der Waals surface area contributed by atoms with E-state index in [9.17, 15) is 0 Å². The molecule has 1 aromatic heterocycles. The Hall–Kier alpha value is -0.610. The Balaban J connectivity index is 2.49. The summed E-state index contributed by atoms with van der Waals surface area (Å²) in [6.07, 6.45) is 1.62. The van der Waals surface area contributed by atoms with Gasteiger partial charge in [0.25, 0.3) is 0 Å². The van der Waals surface area contributed by atoms with E-state index >= 15 is 0 Å². The lowest BCUT2D eigenvalue weighted by molar-refractivity contribution is 0.745. The fourth-order valence-electron chi connectivity index (χ4n) is 0.493. The van der Waals surface area contributed by atoms with Gasteiger partial charge in [-0.2, -0.15) is 5.10 Å². The highest BCUT2D eigenvalue weighted by molar-refractivity contribution is 7.15. The molecule has 1 N–H and O–H groups in total. The quantitative estimate of drug-likeness (QED) is 0.559. The van der Waals surface area contributed by atoms with Gasteiger partial charge in [-0.05, 0) is 0 Å². The van der Waals surface area contributed by atoms with E-state index in [1.165, 1.54) is 11.3 Å². The van der Waals surface area contributed by atoms with Crippen molar-refractivity contribution in [2.75, 3.05) is 0 Å². The number of nitrogens with one attached hydrogen (secondary N) is 1. The third-order valence-electron chi connectivity index (χ3n) is 0.867. The molecule has 0 aliphatic carbocycles. The molecule has 10 heavy (non-hydrogen) atoms. The molecule has 1 aromatic rings. The maximum absolute atomic E-state index is 5.62. The largest absolute Gasteiger partial charge is 0.304 e. The molecule has 54 valence electrons. The summed E-state index contributed by atoms with van der Waals surface area (Å²) in [4.78, 5) is 3.99. The second kappa shape index (κ2) is 3.53. The first-order valence-electron chi connectivity index (χ1n) is 2.61. The average molecular weight is 176 g/mol. The summed E-state index contributed by atoms with van der Waals surface area (Å²) in [5.74, 6) is 0. The number of hydrogen-bond donors (Lipinski definition) is 1. The maximum atomic E-state index is 5.62. The fourth-order valence-corrected chi connectivity index (χ4v) is 1.38. The summed E-state index contributed by atoms with van der Waals surface area (Å²) < 4.78 is 0.695. The van der Waals surface area contributed by atoms with E-state index in [1.807, 2.05) is 0 Å². The topological polar surface area (TPSA) is 37.3 Å². The Labute approximate surface area is 67.7 Å². The van der Waals surface area contributed by atoms with E-state index in [4.69, 9.17) is 11.6 Å². The Morgan fingerprint density at radius 3 is 3.20 bits per heavy atom. The van der Waals surface area contributed by atoms with Gasteiger partial charge in [0.2, 0.25) is 0 Å². The molecule has 0 radical (unpaired) electrons. The van der Waals surface area contributed by atoms with Gasteiger partial charge in [-0.25, -0.2) is 4.98 Å². The second-order valence-corrected chi connectivity index (χ2v) is 3.30. The number of nitrogens with zero attached hydrogens (tertiary/aromatic N) is 2. The van der Waals surface area contributed by atoms with Crippen LogP contribution in [0.3, 0.4) is 0 Å². The summed E-state index contributed by atoms with van der Waals surface area (Å²) in [6, 6.07) is 0. The highest BCUT2D eigenvalue weighted by atomic mass is 35.5. The first-order chi connectivity index (χ1) is 4.83. The van der Waals surface area contributed by atoms with Crippen LogP contribution < -0.4 is 5.43 Å². The number of aromatic nitrogens is 1. The SMILES string of the molecule is C=NNCc1ncc(Cl)s1. The average Bonchev–Trinajstić information content (AvgIpc) is 2.31. The van der Waals surface area contributed by atoms with Crippen LogP contribution in [0.4, 0.5) is 0 Å². The molecule has 0 unspecified atom stereocenters. The minimum atomic E-state index is 0.598. The van der Waals surface area contributed by atoms with E-state index in [1.54, 1.807) is 6.20 Å². The van der Waals surface area contributed by atoms with Crippen LogP contribution in [0.1, 0.15) is 5.01 Å². The Morgan fingerprint density at radius 2 is 2.70 bits per heavy atom. The predicted molar refractivity (Wildman–Crippen MR) is 43.5 cm³/mol. The number of halogens is 1. The van der Waals surface area contributed by atoms with Gasteiger partial charge in [0.15, 0.2) is 0 Å². The van der Waals surface area contributed by atoms with Gasteiger partial charge >= 0.3 is 0 Å². The molecule has 0 spiro atoms. The van der Waals surface area contributed by atoms with Gasteiger partial charge in [-0.1, -0.05) is 11.6 Å². The van der Waals surface area contributed by atoms with Gasteiger partial charge in [-0.3, -0.25) is 0 Å². The molecule has 0 atom stereocenters. The van der Waals surface area contributed by atoms with E-state index in [2.05, 4.69) is 22.2 Å². The van der Waals surface area contributed by atoms with Gasteiger partial charge < -0.3 is 5.43 Å². The van der Waals surface area contributed by atoms with Crippen LogP contribution in [0.25, 0.3) is 0 Å². The van der Waals surface area contributed by atoms with Crippen molar-refractivity contribution in [2.24, 2.45) is 5.10 Å². The zero-order chi connectivity index (χ0) is 7.40. The predicted octanol–water partition coefficient (Wildman–Crippen LogP) is 1.50. The van der Waals surface area contributed by atoms with Crippen LogP contribution in [0.5, 0.6) is 0 Å². The smallest absolute Gasteiger partial charge is 0.115 e. The molecule has 1 rings (SSSR count). The number of rotatable bonds is 3. The van der Waals surface area contributed by atoms with Crippen molar-refractivity contribution in [3.8, 4) is 0 Å². The van der Waals surface area contributed by atoms with E-state index in [0.29, 0.717) is 10.9 Å². The first kappa shape index (κ1) is 7.50. The molecule has 0 saturated heterocycles. The zero-order valence-electron chi connectivity index (χ0n) is 5.17. The monoisotopic (exact) mass is 175 g/mol. The van der Waals surface area contributed by atoms with Gasteiger partial charge in [0.05, 0.1) is 12.7 Å². The van der Waals surface area contributed by atoms with Crippen LogP contribution in [0.2, 0.25) is 4.34 Å². The summed E-state index contributed by atoms with van der Waals surface area (Å²) in [7, 11) is 0. The van der Waals surface area contributed by atoms with Crippen LogP contribution in [0, 0.1) is 0 Å². The minimum Gasteiger partial charge on any atom is -0.304 e. The molecular formula is C5H6ClN3S. The van der Waals surface area contributed by atoms with Crippen LogP contribution in [-0.2, 0) is 6.54 Å². The fraction of sp³-hybridized carbons (Fsp3) is 0.200. The molecule has 0 saturated carbocycles. The number of hydrogen-bond acceptors (Lipinski definition) is 4. The zero-order valence-corrected chi connectivity index (χ0v) is 6.74. The molecule has 0 aromatic carbocycles. The van der Waals surface area contributed by atoms with Gasteiger partial charge in [0.1, 0.15) is 9.34 Å². The number of hydrazone groups is 1. The van der Waals surface area contributed by atoms with Crippen molar-refractivity contribution in [3.63, 3.8) is 0 Å². The van der Waals surface area contributed by atoms with Crippen molar-refractivity contribution >= 4 is 29.7 Å². The normalized spacial score (nSPS) is 9.30. The molecule has 1 heterocycles. The van der Waals surface area contributed by atoms with Crippen LogP contribution >= 0.6 is 22.9 Å². The summed E-state index contributed by atoms with van der Waals surface area (Å²) in [5.41, 5.74) is 2.68. The molecule has 0 aliphatic rings. The second-order valence-electron chi connectivity index (χ2n) is 1.55. The highest BCUT2D eigenvalue weighted by Gasteiger charge is 1.96. The Bertz CT molecular complexity index is 222. The Kier molecular flexibility index (Phi) is 2.65. The molecular weight excluding hydrogens is 170 g/mol. The lowest BCUT2D eigenvalue weighted by atomic mass is 10.7. The third-order valence-corrected chi connectivity index (χ3v) is 1.98. The molecule has 5 heteroatoms. The minimum absolute atomic E-state index is 0.598. The van der Waals surface area contributed by atoms with E-state index in [0.717, 1.165) is 5.01 Å². The standard InChI is InChI=1S/C5H6ClN3S/c1-7-9-3-5-8-2-4(6)10-5/h2,9H,1,3H2. The summed E-state index contributed by atoms with van der Waals surface area (Å²) in [6.45, 7) is 3.86. The molecule has 0 fully saturated rings. The molecule has 0 bridgehead atoms. The van der Waals surface area contributed by atoms with Gasteiger partial charge in [-0.15, -0.1) is 11.3 Å².